The number of allylic oxidation sites excluding steroid dienone is 1. The summed E-state index contributed by atoms with van der Waals surface area (Å²) in [6, 6.07) is 0. The van der Waals surface area contributed by atoms with Gasteiger partial charge in [-0.25, -0.2) is 0 Å². The third kappa shape index (κ3) is 8.19. The molecule has 16 heavy (non-hydrogen) atoms. The Morgan fingerprint density at radius 2 is 1.94 bits per heavy atom. The number of ether oxygens (including phenoxy) is 1. The number of carbonyl (C=O) groups is 1. The van der Waals surface area contributed by atoms with Crippen molar-refractivity contribution in [2.24, 2.45) is 5.41 Å². The zero-order valence-electron chi connectivity index (χ0n) is 11.1. The van der Waals surface area contributed by atoms with Crippen molar-refractivity contribution in [3.63, 3.8) is 0 Å². The summed E-state index contributed by atoms with van der Waals surface area (Å²) in [5.74, 6) is -0.0871. The molecule has 0 aromatic carbocycles. The predicted octanol–water partition coefficient (Wildman–Crippen LogP) is 3.40. The van der Waals surface area contributed by atoms with Gasteiger partial charge in [0.25, 0.3) is 0 Å². The number of hydrogen-bond donors (Lipinski definition) is 0. The fourth-order valence-corrected chi connectivity index (χ4v) is 4.70. The van der Waals surface area contributed by atoms with Crippen LogP contribution in [0.3, 0.4) is 0 Å². The SMILES string of the molecule is CCCC[Te]/C(=C/C(C)(C)C)C(=O)OCC. The first-order valence-electron chi connectivity index (χ1n) is 5.93. The van der Waals surface area contributed by atoms with E-state index < -0.39 is 0 Å². The third-order valence-electron chi connectivity index (χ3n) is 1.80. The van der Waals surface area contributed by atoms with Crippen LogP contribution in [0.2, 0.25) is 4.47 Å². The Kier molecular flexibility index (Phi) is 8.14. The van der Waals surface area contributed by atoms with Gasteiger partial charge in [-0.15, -0.1) is 0 Å². The van der Waals surface area contributed by atoms with E-state index in [0.717, 1.165) is 3.62 Å². The van der Waals surface area contributed by atoms with Gasteiger partial charge in [0.2, 0.25) is 0 Å². The van der Waals surface area contributed by atoms with E-state index >= 15 is 0 Å². The average molecular weight is 340 g/mol. The van der Waals surface area contributed by atoms with Crippen molar-refractivity contribution >= 4 is 26.9 Å². The summed E-state index contributed by atoms with van der Waals surface area (Å²) in [6.07, 6.45) is 4.53. The molecule has 2 nitrogen and oxygen atoms in total. The second kappa shape index (κ2) is 8.14. The summed E-state index contributed by atoms with van der Waals surface area (Å²) < 4.78 is 7.27. The van der Waals surface area contributed by atoms with Gasteiger partial charge in [0.15, 0.2) is 0 Å². The van der Waals surface area contributed by atoms with Crippen molar-refractivity contribution in [3.8, 4) is 0 Å². The van der Waals surface area contributed by atoms with Gasteiger partial charge >= 0.3 is 110 Å². The van der Waals surface area contributed by atoms with Crippen molar-refractivity contribution < 1.29 is 9.53 Å². The zero-order valence-corrected chi connectivity index (χ0v) is 13.5. The van der Waals surface area contributed by atoms with E-state index in [2.05, 4.69) is 33.8 Å². The van der Waals surface area contributed by atoms with Crippen LogP contribution in [-0.2, 0) is 9.53 Å². The third-order valence-corrected chi connectivity index (χ3v) is 4.90. The molecule has 0 saturated heterocycles. The van der Waals surface area contributed by atoms with Crippen LogP contribution in [0.5, 0.6) is 0 Å². The van der Waals surface area contributed by atoms with Gasteiger partial charge in [0.05, 0.1) is 0 Å². The quantitative estimate of drug-likeness (QED) is 0.321. The monoisotopic (exact) mass is 342 g/mol. The van der Waals surface area contributed by atoms with Crippen LogP contribution < -0.4 is 0 Å². The fourth-order valence-electron chi connectivity index (χ4n) is 1.08. The summed E-state index contributed by atoms with van der Waals surface area (Å²) in [5, 5.41) is 0. The van der Waals surface area contributed by atoms with Crippen LogP contribution in [0, 0.1) is 5.41 Å². The summed E-state index contributed by atoms with van der Waals surface area (Å²) in [6.45, 7) is 10.9. The molecule has 0 saturated carbocycles. The Morgan fingerprint density at radius 3 is 2.38 bits per heavy atom. The topological polar surface area (TPSA) is 26.3 Å². The van der Waals surface area contributed by atoms with Crippen molar-refractivity contribution in [1.82, 2.24) is 0 Å². The Labute approximate surface area is 110 Å². The Bertz CT molecular complexity index is 239. The first kappa shape index (κ1) is 16.0. The van der Waals surface area contributed by atoms with Crippen molar-refractivity contribution in [3.05, 3.63) is 9.70 Å². The van der Waals surface area contributed by atoms with Gasteiger partial charge < -0.3 is 0 Å². The van der Waals surface area contributed by atoms with Gasteiger partial charge in [-0.2, -0.15) is 0 Å². The number of carbonyl (C=O) groups excluding carboxylic acids is 1. The van der Waals surface area contributed by atoms with Crippen LogP contribution in [-0.4, -0.2) is 33.5 Å². The molecule has 0 unspecified atom stereocenters. The number of rotatable bonds is 6. The molecule has 0 rings (SSSR count). The molecule has 94 valence electrons. The first-order valence-corrected chi connectivity index (χ1v) is 8.74. The normalized spacial score (nSPS) is 12.7. The van der Waals surface area contributed by atoms with Crippen molar-refractivity contribution in [1.29, 1.82) is 0 Å². The maximum absolute atomic E-state index is 11.8. The Hall–Kier alpha value is -0.000390. The molecule has 3 heteroatoms. The van der Waals surface area contributed by atoms with Gasteiger partial charge in [-0.1, -0.05) is 0 Å². The molecule has 0 atom stereocenters. The molecule has 0 bridgehead atoms. The fraction of sp³-hybridized carbons (Fsp3) is 0.769. The molecule has 0 spiro atoms. The van der Waals surface area contributed by atoms with Crippen LogP contribution in [0.4, 0.5) is 0 Å². The van der Waals surface area contributed by atoms with Crippen molar-refractivity contribution in [2.45, 2.75) is 51.9 Å². The van der Waals surface area contributed by atoms with Crippen LogP contribution in [0.15, 0.2) is 9.70 Å². The van der Waals surface area contributed by atoms with Crippen molar-refractivity contribution in [2.75, 3.05) is 6.61 Å². The van der Waals surface area contributed by atoms with E-state index in [4.69, 9.17) is 4.74 Å². The molecular weight excluding hydrogens is 316 g/mol. The van der Waals surface area contributed by atoms with E-state index in [1.807, 2.05) is 6.92 Å². The second-order valence-electron chi connectivity index (χ2n) is 4.80. The Balaban J connectivity index is 4.51. The van der Waals surface area contributed by atoms with Gasteiger partial charge in [-0.3, -0.25) is 0 Å². The molecule has 0 aliphatic heterocycles. The minimum absolute atomic E-state index is 0.0685. The van der Waals surface area contributed by atoms with Gasteiger partial charge in [-0.05, 0) is 0 Å². The molecule has 0 aromatic rings. The van der Waals surface area contributed by atoms with E-state index in [0.29, 0.717) is 6.61 Å². The van der Waals surface area contributed by atoms with Gasteiger partial charge in [0.1, 0.15) is 0 Å². The van der Waals surface area contributed by atoms with Crippen LogP contribution in [0.1, 0.15) is 47.5 Å². The summed E-state index contributed by atoms with van der Waals surface area (Å²) in [5.41, 5.74) is 0.0685. The Morgan fingerprint density at radius 1 is 1.31 bits per heavy atom. The summed E-state index contributed by atoms with van der Waals surface area (Å²) in [7, 11) is 0. The molecular formula is C13H24O2Te. The molecule has 0 aliphatic carbocycles. The molecule has 0 fully saturated rings. The van der Waals surface area contributed by atoms with E-state index in [1.165, 1.54) is 17.3 Å². The predicted molar refractivity (Wildman–Crippen MR) is 69.6 cm³/mol. The standard InChI is InChI=1S/C13H24O2Te/c1-6-8-9-16-11(10-13(3,4)5)12(14)15-7-2/h10H,6-9H2,1-5H3/b11-10+. The molecule has 0 amide bonds. The van der Waals surface area contributed by atoms with Crippen LogP contribution in [0.25, 0.3) is 0 Å². The summed E-state index contributed by atoms with van der Waals surface area (Å²) in [4.78, 5) is 11.8. The van der Waals surface area contributed by atoms with E-state index in [1.54, 1.807) is 0 Å². The minimum atomic E-state index is -0.365. The van der Waals surface area contributed by atoms with Gasteiger partial charge in [0, 0.05) is 0 Å². The van der Waals surface area contributed by atoms with E-state index in [9.17, 15) is 4.79 Å². The van der Waals surface area contributed by atoms with Crippen LogP contribution >= 0.6 is 0 Å². The molecule has 0 N–H and O–H groups in total. The maximum atomic E-state index is 11.8. The first-order chi connectivity index (χ1) is 7.40. The average Bonchev–Trinajstić information content (AvgIpc) is 2.15. The summed E-state index contributed by atoms with van der Waals surface area (Å²) >= 11 is -0.365. The van der Waals surface area contributed by atoms with E-state index in [-0.39, 0.29) is 32.3 Å². The molecule has 0 radical (unpaired) electrons. The number of hydrogen-bond acceptors (Lipinski definition) is 2. The number of unbranched alkanes of at least 4 members (excludes halogenated alkanes) is 1. The molecule has 0 aromatic heterocycles. The molecule has 0 aliphatic rings. The second-order valence-corrected chi connectivity index (χ2v) is 8.04. The number of esters is 1. The molecule has 0 heterocycles. The zero-order chi connectivity index (χ0) is 12.6.